The molecule has 0 aromatic carbocycles. The summed E-state index contributed by atoms with van der Waals surface area (Å²) in [7, 11) is 0. The van der Waals surface area contributed by atoms with Crippen LogP contribution in [0.25, 0.3) is 0 Å². The smallest absolute Gasteiger partial charge is 0.123 e. The van der Waals surface area contributed by atoms with Gasteiger partial charge in [-0.2, -0.15) is 0 Å². The van der Waals surface area contributed by atoms with Crippen molar-refractivity contribution in [3.8, 4) is 0 Å². The summed E-state index contributed by atoms with van der Waals surface area (Å²) in [4.78, 5) is 8.34. The van der Waals surface area contributed by atoms with E-state index in [0.717, 1.165) is 23.9 Å². The van der Waals surface area contributed by atoms with Gasteiger partial charge in [0, 0.05) is 24.0 Å². The van der Waals surface area contributed by atoms with Crippen molar-refractivity contribution in [2.75, 3.05) is 19.7 Å². The van der Waals surface area contributed by atoms with Crippen LogP contribution in [0, 0.1) is 6.92 Å². The molecule has 2 saturated heterocycles. The summed E-state index contributed by atoms with van der Waals surface area (Å²) in [5.74, 6) is 0. The maximum atomic E-state index is 5.96. The zero-order valence-corrected chi connectivity index (χ0v) is 11.0. The van der Waals surface area contributed by atoms with E-state index in [4.69, 9.17) is 10.5 Å². The summed E-state index contributed by atoms with van der Waals surface area (Å²) in [5, 5.41) is 1.10. The Kier molecular flexibility index (Phi) is 3.17. The maximum absolute atomic E-state index is 5.96. The van der Waals surface area contributed by atoms with Crippen molar-refractivity contribution in [2.24, 2.45) is 5.73 Å². The molecule has 0 saturated carbocycles. The van der Waals surface area contributed by atoms with Crippen molar-refractivity contribution in [1.29, 1.82) is 0 Å². The molecule has 1 aromatic heterocycles. The van der Waals surface area contributed by atoms with Crippen LogP contribution in [0.1, 0.15) is 34.5 Å². The highest BCUT2D eigenvalue weighted by Crippen LogP contribution is 2.32. The molecule has 2 unspecified atom stereocenters. The number of aryl methyl sites for hydroxylation is 1. The monoisotopic (exact) mass is 253 g/mol. The van der Waals surface area contributed by atoms with E-state index >= 15 is 0 Å². The fourth-order valence-corrected chi connectivity index (χ4v) is 3.73. The van der Waals surface area contributed by atoms with Crippen LogP contribution in [0.2, 0.25) is 0 Å². The number of aromatic nitrogens is 1. The second-order valence-corrected chi connectivity index (χ2v) is 5.99. The molecule has 0 bridgehead atoms. The van der Waals surface area contributed by atoms with Gasteiger partial charge in [-0.15, -0.1) is 11.3 Å². The van der Waals surface area contributed by atoms with Crippen LogP contribution < -0.4 is 5.73 Å². The molecule has 3 heterocycles. The third-order valence-electron chi connectivity index (χ3n) is 3.76. The number of thiazole rings is 1. The molecule has 0 radical (unpaired) electrons. The van der Waals surface area contributed by atoms with Crippen molar-refractivity contribution < 1.29 is 4.74 Å². The van der Waals surface area contributed by atoms with Crippen LogP contribution in [0.5, 0.6) is 0 Å². The molecule has 0 spiro atoms. The predicted molar refractivity (Wildman–Crippen MR) is 68.0 cm³/mol. The standard InChI is InChI=1S/C12H19N3OS/c1-8-11(5-13)17-12(14-8)10-6-15-4-2-3-9(15)7-16-10/h9-10H,2-7,13H2,1H3. The molecule has 94 valence electrons. The normalized spacial score (nSPS) is 29.5. The third-order valence-corrected chi connectivity index (χ3v) is 5.03. The molecule has 0 aliphatic carbocycles. The van der Waals surface area contributed by atoms with Gasteiger partial charge in [-0.25, -0.2) is 4.98 Å². The van der Waals surface area contributed by atoms with Crippen LogP contribution in [-0.2, 0) is 11.3 Å². The van der Waals surface area contributed by atoms with E-state index in [1.807, 2.05) is 6.92 Å². The Labute approximate surface area is 106 Å². The van der Waals surface area contributed by atoms with E-state index in [2.05, 4.69) is 9.88 Å². The molecule has 17 heavy (non-hydrogen) atoms. The van der Waals surface area contributed by atoms with Crippen molar-refractivity contribution in [3.63, 3.8) is 0 Å². The van der Waals surface area contributed by atoms with Gasteiger partial charge in [-0.3, -0.25) is 4.90 Å². The van der Waals surface area contributed by atoms with E-state index in [0.29, 0.717) is 12.6 Å². The first-order valence-corrected chi connectivity index (χ1v) is 7.11. The number of hydrogen-bond donors (Lipinski definition) is 1. The summed E-state index contributed by atoms with van der Waals surface area (Å²) in [6.45, 7) is 5.70. The second-order valence-electron chi connectivity index (χ2n) is 4.88. The first kappa shape index (κ1) is 11.6. The largest absolute Gasteiger partial charge is 0.368 e. The lowest BCUT2D eigenvalue weighted by Gasteiger charge is -2.34. The minimum atomic E-state index is 0.161. The highest BCUT2D eigenvalue weighted by Gasteiger charge is 2.34. The summed E-state index contributed by atoms with van der Waals surface area (Å²) >= 11 is 1.71. The number of nitrogens with zero attached hydrogens (tertiary/aromatic N) is 2. The fraction of sp³-hybridized carbons (Fsp3) is 0.750. The first-order valence-electron chi connectivity index (χ1n) is 6.30. The van der Waals surface area contributed by atoms with Crippen LogP contribution in [0.4, 0.5) is 0 Å². The second kappa shape index (κ2) is 4.65. The average Bonchev–Trinajstić information content (AvgIpc) is 2.93. The summed E-state index contributed by atoms with van der Waals surface area (Å²) in [5.41, 5.74) is 6.77. The Balaban J connectivity index is 1.75. The summed E-state index contributed by atoms with van der Waals surface area (Å²) < 4.78 is 5.96. The lowest BCUT2D eigenvalue weighted by molar-refractivity contribution is -0.0502. The van der Waals surface area contributed by atoms with Gasteiger partial charge in [0.25, 0.3) is 0 Å². The van der Waals surface area contributed by atoms with E-state index < -0.39 is 0 Å². The number of hydrogen-bond acceptors (Lipinski definition) is 5. The number of rotatable bonds is 2. The number of morpholine rings is 1. The molecule has 2 atom stereocenters. The molecule has 2 aliphatic rings. The molecular formula is C12H19N3OS. The Bertz CT molecular complexity index is 406. The van der Waals surface area contributed by atoms with Crippen LogP contribution >= 0.6 is 11.3 Å². The molecule has 1 aromatic rings. The molecule has 2 N–H and O–H groups in total. The lowest BCUT2D eigenvalue weighted by Crippen LogP contribution is -2.42. The Morgan fingerprint density at radius 1 is 1.59 bits per heavy atom. The highest BCUT2D eigenvalue weighted by molar-refractivity contribution is 7.11. The first-order chi connectivity index (χ1) is 8.28. The van der Waals surface area contributed by atoms with Crippen LogP contribution in [-0.4, -0.2) is 35.6 Å². The van der Waals surface area contributed by atoms with Crippen molar-refractivity contribution in [3.05, 3.63) is 15.6 Å². The van der Waals surface area contributed by atoms with E-state index in [-0.39, 0.29) is 6.10 Å². The van der Waals surface area contributed by atoms with Crippen LogP contribution in [0.3, 0.4) is 0 Å². The molecule has 5 heteroatoms. The van der Waals surface area contributed by atoms with Gasteiger partial charge in [0.2, 0.25) is 0 Å². The van der Waals surface area contributed by atoms with Crippen LogP contribution in [0.15, 0.2) is 0 Å². The van der Waals surface area contributed by atoms with Gasteiger partial charge in [0.15, 0.2) is 0 Å². The number of ether oxygens (including phenoxy) is 1. The van der Waals surface area contributed by atoms with Gasteiger partial charge in [-0.1, -0.05) is 0 Å². The van der Waals surface area contributed by atoms with Crippen molar-refractivity contribution in [2.45, 2.75) is 38.5 Å². The minimum absolute atomic E-state index is 0.161. The molecule has 3 rings (SSSR count). The zero-order chi connectivity index (χ0) is 11.8. The van der Waals surface area contributed by atoms with E-state index in [9.17, 15) is 0 Å². The Morgan fingerprint density at radius 2 is 2.47 bits per heavy atom. The molecule has 2 aliphatic heterocycles. The average molecular weight is 253 g/mol. The van der Waals surface area contributed by atoms with Gasteiger partial charge in [0.05, 0.1) is 12.3 Å². The zero-order valence-electron chi connectivity index (χ0n) is 10.2. The van der Waals surface area contributed by atoms with E-state index in [1.54, 1.807) is 11.3 Å². The molecule has 0 amide bonds. The van der Waals surface area contributed by atoms with Gasteiger partial charge in [0.1, 0.15) is 11.1 Å². The highest BCUT2D eigenvalue weighted by atomic mass is 32.1. The third kappa shape index (κ3) is 2.12. The number of fused-ring (bicyclic) bond motifs is 1. The molecule has 4 nitrogen and oxygen atoms in total. The van der Waals surface area contributed by atoms with Crippen molar-refractivity contribution >= 4 is 11.3 Å². The Morgan fingerprint density at radius 3 is 3.24 bits per heavy atom. The number of nitrogens with two attached hydrogens (primary N) is 1. The maximum Gasteiger partial charge on any atom is 0.123 e. The minimum Gasteiger partial charge on any atom is -0.368 e. The summed E-state index contributed by atoms with van der Waals surface area (Å²) in [6, 6.07) is 0.654. The SMILES string of the molecule is Cc1nc(C2CN3CCCC3CO2)sc1CN. The van der Waals surface area contributed by atoms with Crippen molar-refractivity contribution in [1.82, 2.24) is 9.88 Å². The predicted octanol–water partition coefficient (Wildman–Crippen LogP) is 1.45. The quantitative estimate of drug-likeness (QED) is 0.866. The van der Waals surface area contributed by atoms with Gasteiger partial charge < -0.3 is 10.5 Å². The van der Waals surface area contributed by atoms with E-state index in [1.165, 1.54) is 24.3 Å². The Hall–Kier alpha value is -0.490. The van der Waals surface area contributed by atoms with Gasteiger partial charge >= 0.3 is 0 Å². The lowest BCUT2D eigenvalue weighted by atomic mass is 10.2. The summed E-state index contributed by atoms with van der Waals surface area (Å²) in [6.07, 6.45) is 2.76. The molecule has 2 fully saturated rings. The molecular weight excluding hydrogens is 234 g/mol. The topological polar surface area (TPSA) is 51.4 Å². The van der Waals surface area contributed by atoms with Gasteiger partial charge in [-0.05, 0) is 26.3 Å². The fourth-order valence-electron chi connectivity index (χ4n) is 2.74.